The van der Waals surface area contributed by atoms with Gasteiger partial charge in [0.15, 0.2) is 0 Å². The number of nitrogens with one attached hydrogen (secondary N) is 2. The number of benzene rings is 3. The molecule has 158 valence electrons. The summed E-state index contributed by atoms with van der Waals surface area (Å²) in [4.78, 5) is 27.3. The van der Waals surface area contributed by atoms with Gasteiger partial charge in [-0.05, 0) is 36.2 Å². The second-order valence-corrected chi connectivity index (χ2v) is 7.89. The van der Waals surface area contributed by atoms with Gasteiger partial charge in [-0.25, -0.2) is 4.79 Å². The van der Waals surface area contributed by atoms with Crippen molar-refractivity contribution in [2.75, 3.05) is 16.8 Å². The number of para-hydroxylation sites is 1. The molecule has 0 saturated carbocycles. The van der Waals surface area contributed by atoms with Gasteiger partial charge in [0, 0.05) is 12.1 Å². The summed E-state index contributed by atoms with van der Waals surface area (Å²) in [7, 11) is 0. The largest absolute Gasteiger partial charge is 0.359 e. The SMILES string of the molecule is O=C1Nc2ccccc2[C@@](O)(C(=O)NCCc2ccccc2)N1c1ccc(Cl)c(Cl)c1. The summed E-state index contributed by atoms with van der Waals surface area (Å²) >= 11 is 12.1. The molecule has 0 saturated heterocycles. The lowest BCUT2D eigenvalue weighted by Gasteiger charge is -2.42. The van der Waals surface area contributed by atoms with Crippen LogP contribution in [0.3, 0.4) is 0 Å². The van der Waals surface area contributed by atoms with Crippen LogP contribution in [-0.2, 0) is 16.9 Å². The molecule has 3 amide bonds. The van der Waals surface area contributed by atoms with Crippen molar-refractivity contribution in [2.24, 2.45) is 0 Å². The number of aliphatic hydroxyl groups is 1. The minimum atomic E-state index is -2.28. The lowest BCUT2D eigenvalue weighted by Crippen LogP contribution is -2.62. The number of carbonyl (C=O) groups is 2. The Bertz CT molecular complexity index is 1140. The first kappa shape index (κ1) is 21.2. The average molecular weight is 456 g/mol. The van der Waals surface area contributed by atoms with Gasteiger partial charge in [0.25, 0.3) is 11.6 Å². The standard InChI is InChI=1S/C23H19Cl2N3O3/c24-18-11-10-16(14-19(18)25)28-22(30)27-20-9-5-4-8-17(20)23(28,31)21(29)26-13-12-15-6-2-1-3-7-15/h1-11,14,31H,12-13H2,(H,26,29)(H,27,30)/t23-/m1/s1. The Morgan fingerprint density at radius 2 is 1.71 bits per heavy atom. The summed E-state index contributed by atoms with van der Waals surface area (Å²) in [6.07, 6.45) is 0.573. The van der Waals surface area contributed by atoms with E-state index in [1.165, 1.54) is 18.2 Å². The van der Waals surface area contributed by atoms with Crippen LogP contribution < -0.4 is 15.5 Å². The maximum atomic E-state index is 13.3. The number of fused-ring (bicyclic) bond motifs is 1. The number of nitrogens with zero attached hydrogens (tertiary/aromatic N) is 1. The van der Waals surface area contributed by atoms with Gasteiger partial charge in [-0.3, -0.25) is 9.69 Å². The molecule has 0 aromatic heterocycles. The van der Waals surface area contributed by atoms with Crippen LogP contribution in [0.2, 0.25) is 10.0 Å². The third kappa shape index (κ3) is 3.97. The minimum absolute atomic E-state index is 0.192. The molecule has 8 heteroatoms. The molecule has 0 radical (unpaired) electrons. The molecule has 1 atom stereocenters. The molecule has 3 N–H and O–H groups in total. The Kier molecular flexibility index (Phi) is 5.87. The van der Waals surface area contributed by atoms with E-state index >= 15 is 0 Å². The summed E-state index contributed by atoms with van der Waals surface area (Å²) in [6, 6.07) is 20.0. The fourth-order valence-electron chi connectivity index (χ4n) is 3.57. The van der Waals surface area contributed by atoms with E-state index in [1.807, 2.05) is 30.3 Å². The molecule has 1 aliphatic heterocycles. The summed E-state index contributed by atoms with van der Waals surface area (Å²) in [6.45, 7) is 0.282. The third-order valence-corrected chi connectivity index (χ3v) is 5.83. The molecule has 0 bridgehead atoms. The molecule has 1 heterocycles. The number of carbonyl (C=O) groups excluding carboxylic acids is 2. The molecule has 4 rings (SSSR count). The number of hydrogen-bond acceptors (Lipinski definition) is 3. The maximum Gasteiger partial charge on any atom is 0.329 e. The van der Waals surface area contributed by atoms with Crippen molar-refractivity contribution in [2.45, 2.75) is 12.1 Å². The molecule has 3 aromatic carbocycles. The lowest BCUT2D eigenvalue weighted by molar-refractivity contribution is -0.140. The molecular weight excluding hydrogens is 437 g/mol. The number of halogens is 2. The van der Waals surface area contributed by atoms with Crippen LogP contribution in [0.4, 0.5) is 16.2 Å². The van der Waals surface area contributed by atoms with Gasteiger partial charge in [0.1, 0.15) is 0 Å². The van der Waals surface area contributed by atoms with Gasteiger partial charge >= 0.3 is 6.03 Å². The molecule has 6 nitrogen and oxygen atoms in total. The first-order valence-electron chi connectivity index (χ1n) is 9.61. The highest BCUT2D eigenvalue weighted by atomic mass is 35.5. The summed E-state index contributed by atoms with van der Waals surface area (Å²) in [5.74, 6) is -0.725. The number of hydrogen-bond donors (Lipinski definition) is 3. The molecule has 0 aliphatic carbocycles. The van der Waals surface area contributed by atoms with Gasteiger partial charge in [-0.2, -0.15) is 0 Å². The molecule has 0 unspecified atom stereocenters. The van der Waals surface area contributed by atoms with E-state index in [0.717, 1.165) is 10.5 Å². The van der Waals surface area contributed by atoms with Crippen LogP contribution in [0.15, 0.2) is 72.8 Å². The fourth-order valence-corrected chi connectivity index (χ4v) is 3.87. The first-order valence-corrected chi connectivity index (χ1v) is 10.4. The Morgan fingerprint density at radius 3 is 2.45 bits per heavy atom. The predicted molar refractivity (Wildman–Crippen MR) is 121 cm³/mol. The van der Waals surface area contributed by atoms with Gasteiger partial charge in [0.2, 0.25) is 0 Å². The summed E-state index contributed by atoms with van der Waals surface area (Å²) in [5.41, 5.74) is -0.422. The summed E-state index contributed by atoms with van der Waals surface area (Å²) < 4.78 is 0. The zero-order chi connectivity index (χ0) is 22.0. The fraction of sp³-hybridized carbons (Fsp3) is 0.130. The van der Waals surface area contributed by atoms with Crippen molar-refractivity contribution in [3.05, 3.63) is 94.0 Å². The van der Waals surface area contributed by atoms with Gasteiger partial charge in [-0.15, -0.1) is 0 Å². The number of rotatable bonds is 5. The van der Waals surface area contributed by atoms with E-state index in [1.54, 1.807) is 24.3 Å². The van der Waals surface area contributed by atoms with Crippen LogP contribution in [-0.4, -0.2) is 23.6 Å². The van der Waals surface area contributed by atoms with E-state index < -0.39 is 17.7 Å². The van der Waals surface area contributed by atoms with Gasteiger partial charge in [0.05, 0.1) is 21.4 Å². The topological polar surface area (TPSA) is 81.7 Å². The highest BCUT2D eigenvalue weighted by molar-refractivity contribution is 6.42. The molecule has 31 heavy (non-hydrogen) atoms. The molecule has 1 aliphatic rings. The Morgan fingerprint density at radius 1 is 1.00 bits per heavy atom. The predicted octanol–water partition coefficient (Wildman–Crippen LogP) is 4.55. The maximum absolute atomic E-state index is 13.3. The van der Waals surface area contributed by atoms with Crippen molar-refractivity contribution >= 4 is 46.5 Å². The van der Waals surface area contributed by atoms with Crippen LogP contribution in [0.25, 0.3) is 0 Å². The van der Waals surface area contributed by atoms with E-state index in [4.69, 9.17) is 23.2 Å². The second kappa shape index (κ2) is 8.59. The molecule has 0 fully saturated rings. The third-order valence-electron chi connectivity index (χ3n) is 5.09. The van der Waals surface area contributed by atoms with Crippen molar-refractivity contribution < 1.29 is 14.7 Å². The monoisotopic (exact) mass is 455 g/mol. The van der Waals surface area contributed by atoms with E-state index in [-0.39, 0.29) is 22.8 Å². The zero-order valence-electron chi connectivity index (χ0n) is 16.3. The summed E-state index contributed by atoms with van der Waals surface area (Å²) in [5, 5.41) is 17.7. The smallest absolute Gasteiger partial charge is 0.329 e. The van der Waals surface area contributed by atoms with Crippen LogP contribution >= 0.6 is 23.2 Å². The molecule has 3 aromatic rings. The minimum Gasteiger partial charge on any atom is -0.359 e. The van der Waals surface area contributed by atoms with E-state index in [9.17, 15) is 14.7 Å². The lowest BCUT2D eigenvalue weighted by atomic mass is 9.94. The van der Waals surface area contributed by atoms with Gasteiger partial charge < -0.3 is 15.7 Å². The quantitative estimate of drug-likeness (QED) is 0.527. The van der Waals surface area contributed by atoms with E-state index in [2.05, 4.69) is 10.6 Å². The Hall–Kier alpha value is -3.06. The first-order chi connectivity index (χ1) is 14.9. The van der Waals surface area contributed by atoms with Crippen LogP contribution in [0.5, 0.6) is 0 Å². The van der Waals surface area contributed by atoms with Gasteiger partial charge in [-0.1, -0.05) is 71.7 Å². The number of anilines is 2. The normalized spacial score (nSPS) is 17.6. The van der Waals surface area contributed by atoms with E-state index in [0.29, 0.717) is 17.1 Å². The molecular formula is C23H19Cl2N3O3. The Labute approximate surface area is 189 Å². The van der Waals surface area contributed by atoms with Crippen molar-refractivity contribution in [1.29, 1.82) is 0 Å². The highest BCUT2D eigenvalue weighted by Gasteiger charge is 2.51. The zero-order valence-corrected chi connectivity index (χ0v) is 17.8. The van der Waals surface area contributed by atoms with Crippen molar-refractivity contribution in [3.8, 4) is 0 Å². The average Bonchev–Trinajstić information content (AvgIpc) is 2.77. The number of urea groups is 1. The van der Waals surface area contributed by atoms with Crippen LogP contribution in [0, 0.1) is 0 Å². The Balaban J connectivity index is 1.70. The second-order valence-electron chi connectivity index (χ2n) is 7.07. The van der Waals surface area contributed by atoms with Crippen molar-refractivity contribution in [3.63, 3.8) is 0 Å². The number of amides is 3. The van der Waals surface area contributed by atoms with Crippen molar-refractivity contribution in [1.82, 2.24) is 5.32 Å². The van der Waals surface area contributed by atoms with Crippen LogP contribution in [0.1, 0.15) is 11.1 Å². The molecule has 0 spiro atoms. The highest BCUT2D eigenvalue weighted by Crippen LogP contribution is 2.41.